The van der Waals surface area contributed by atoms with Crippen LogP contribution >= 0.6 is 0 Å². The van der Waals surface area contributed by atoms with Crippen LogP contribution in [-0.2, 0) is 4.79 Å². The Morgan fingerprint density at radius 3 is 2.25 bits per heavy atom. The van der Waals surface area contributed by atoms with E-state index in [-0.39, 0.29) is 11.2 Å². The van der Waals surface area contributed by atoms with Gasteiger partial charge in [-0.05, 0) is 0 Å². The molecule has 0 amide bonds. The Kier molecular flexibility index (Phi) is 3.16. The third-order valence-electron chi connectivity index (χ3n) is 2.56. The van der Waals surface area contributed by atoms with Crippen molar-refractivity contribution in [2.75, 3.05) is 18.0 Å². The molecule has 0 aromatic carbocycles. The van der Waals surface area contributed by atoms with Gasteiger partial charge in [-0.3, -0.25) is 4.79 Å². The van der Waals surface area contributed by atoms with E-state index in [4.69, 9.17) is 10.0 Å². The minimum atomic E-state index is -1.54. The largest absolute Gasteiger partial charge is 0.491 e. The molecule has 1 fully saturated rings. The normalized spacial score (nSPS) is 16.4. The van der Waals surface area contributed by atoms with Gasteiger partial charge in [0.1, 0.15) is 5.78 Å². The lowest BCUT2D eigenvalue weighted by molar-refractivity contribution is -0.119. The van der Waals surface area contributed by atoms with E-state index in [9.17, 15) is 4.79 Å². The van der Waals surface area contributed by atoms with Gasteiger partial charge in [-0.25, -0.2) is 9.97 Å². The Bertz CT molecular complexity index is 372. The molecule has 6 nitrogen and oxygen atoms in total. The number of Topliss-reactive ketones (excluding diaryl/α,β-unsaturated/α-hetero) is 1. The van der Waals surface area contributed by atoms with Gasteiger partial charge >= 0.3 is 7.12 Å². The van der Waals surface area contributed by atoms with E-state index >= 15 is 0 Å². The first kappa shape index (κ1) is 11.0. The van der Waals surface area contributed by atoms with Crippen molar-refractivity contribution in [3.63, 3.8) is 0 Å². The molecule has 0 atom stereocenters. The highest BCUT2D eigenvalue weighted by Gasteiger charge is 2.19. The van der Waals surface area contributed by atoms with Gasteiger partial charge in [0.2, 0.25) is 5.95 Å². The number of anilines is 1. The van der Waals surface area contributed by atoms with Crippen molar-refractivity contribution in [3.8, 4) is 0 Å². The van der Waals surface area contributed by atoms with Crippen LogP contribution in [0.1, 0.15) is 12.8 Å². The number of piperidine rings is 1. The lowest BCUT2D eigenvalue weighted by atomic mass is 9.83. The van der Waals surface area contributed by atoms with E-state index in [1.165, 1.54) is 12.4 Å². The summed E-state index contributed by atoms with van der Waals surface area (Å²) in [6.07, 6.45) is 3.80. The minimum Gasteiger partial charge on any atom is -0.423 e. The molecule has 0 saturated carbocycles. The van der Waals surface area contributed by atoms with Gasteiger partial charge in [-0.2, -0.15) is 0 Å². The Morgan fingerprint density at radius 2 is 1.75 bits per heavy atom. The van der Waals surface area contributed by atoms with Crippen LogP contribution in [0.15, 0.2) is 12.4 Å². The van der Waals surface area contributed by atoms with Crippen molar-refractivity contribution < 1.29 is 14.8 Å². The molecule has 1 aromatic heterocycles. The Labute approximate surface area is 93.1 Å². The zero-order valence-corrected chi connectivity index (χ0v) is 8.70. The van der Waals surface area contributed by atoms with Crippen LogP contribution in [0.5, 0.6) is 0 Å². The summed E-state index contributed by atoms with van der Waals surface area (Å²) in [4.78, 5) is 21.0. The average molecular weight is 221 g/mol. The van der Waals surface area contributed by atoms with Crippen molar-refractivity contribution in [1.82, 2.24) is 9.97 Å². The van der Waals surface area contributed by atoms with Crippen molar-refractivity contribution in [1.29, 1.82) is 0 Å². The summed E-state index contributed by atoms with van der Waals surface area (Å²) in [5.41, 5.74) is 0.261. The standard InChI is InChI=1S/C9H12BN3O3/c14-8-1-3-13(4-2-8)9-11-5-7(6-12-9)10(15)16/h5-6,15-16H,1-4H2. The maximum atomic E-state index is 11.0. The first-order chi connectivity index (χ1) is 7.66. The third-order valence-corrected chi connectivity index (χ3v) is 2.56. The van der Waals surface area contributed by atoms with Crippen molar-refractivity contribution >= 4 is 24.3 Å². The molecule has 1 aliphatic heterocycles. The number of aromatic nitrogens is 2. The molecule has 0 radical (unpaired) electrons. The molecule has 2 N–H and O–H groups in total. The maximum absolute atomic E-state index is 11.0. The Hall–Kier alpha value is -1.47. The summed E-state index contributed by atoms with van der Waals surface area (Å²) in [7, 11) is -1.54. The third kappa shape index (κ3) is 2.37. The molecule has 1 aromatic rings. The monoisotopic (exact) mass is 221 g/mol. The molecular formula is C9H12BN3O3. The first-order valence-electron chi connectivity index (χ1n) is 5.11. The number of carbonyl (C=O) groups excluding carboxylic acids is 1. The van der Waals surface area contributed by atoms with Crippen LogP contribution < -0.4 is 10.4 Å². The topological polar surface area (TPSA) is 86.6 Å². The van der Waals surface area contributed by atoms with Crippen molar-refractivity contribution in [2.24, 2.45) is 0 Å². The molecule has 2 rings (SSSR count). The van der Waals surface area contributed by atoms with Crippen LogP contribution in [0, 0.1) is 0 Å². The van der Waals surface area contributed by atoms with Crippen LogP contribution in [-0.4, -0.2) is 46.0 Å². The van der Waals surface area contributed by atoms with Crippen LogP contribution in [0.2, 0.25) is 0 Å². The van der Waals surface area contributed by atoms with E-state index < -0.39 is 7.12 Å². The molecule has 2 heterocycles. The second-order valence-electron chi connectivity index (χ2n) is 3.72. The second kappa shape index (κ2) is 4.59. The van der Waals surface area contributed by atoms with E-state index in [0.29, 0.717) is 31.9 Å². The number of hydrogen-bond donors (Lipinski definition) is 2. The number of nitrogens with zero attached hydrogens (tertiary/aromatic N) is 3. The van der Waals surface area contributed by atoms with Gasteiger partial charge in [0.05, 0.1) is 0 Å². The predicted molar refractivity (Wildman–Crippen MR) is 58.3 cm³/mol. The second-order valence-corrected chi connectivity index (χ2v) is 3.72. The SMILES string of the molecule is O=C1CCN(c2ncc(B(O)O)cn2)CC1. The summed E-state index contributed by atoms with van der Waals surface area (Å²) < 4.78 is 0. The molecule has 84 valence electrons. The highest BCUT2D eigenvalue weighted by atomic mass is 16.4. The highest BCUT2D eigenvalue weighted by Crippen LogP contribution is 2.11. The highest BCUT2D eigenvalue weighted by molar-refractivity contribution is 6.58. The lowest BCUT2D eigenvalue weighted by Crippen LogP contribution is -2.36. The fraction of sp³-hybridized carbons (Fsp3) is 0.444. The molecule has 1 aliphatic rings. The number of ketones is 1. The molecule has 0 aliphatic carbocycles. The molecule has 1 saturated heterocycles. The summed E-state index contributed by atoms with van der Waals surface area (Å²) in [5.74, 6) is 0.788. The smallest absolute Gasteiger partial charge is 0.423 e. The molecule has 0 bridgehead atoms. The fourth-order valence-electron chi connectivity index (χ4n) is 1.58. The van der Waals surface area contributed by atoms with Crippen molar-refractivity contribution in [2.45, 2.75) is 12.8 Å². The van der Waals surface area contributed by atoms with Gasteiger partial charge in [-0.15, -0.1) is 0 Å². The van der Waals surface area contributed by atoms with Gasteiger partial charge < -0.3 is 14.9 Å². The first-order valence-corrected chi connectivity index (χ1v) is 5.11. The number of carbonyl (C=O) groups is 1. The van der Waals surface area contributed by atoms with Gasteiger partial charge in [0, 0.05) is 43.8 Å². The zero-order valence-electron chi connectivity index (χ0n) is 8.70. The quantitative estimate of drug-likeness (QED) is 0.580. The Balaban J connectivity index is 2.07. The Morgan fingerprint density at radius 1 is 1.19 bits per heavy atom. The van der Waals surface area contributed by atoms with E-state index in [1.807, 2.05) is 4.90 Å². The summed E-state index contributed by atoms with van der Waals surface area (Å²) >= 11 is 0. The molecule has 0 spiro atoms. The summed E-state index contributed by atoms with van der Waals surface area (Å²) in [6.45, 7) is 1.25. The van der Waals surface area contributed by atoms with Crippen LogP contribution in [0.4, 0.5) is 5.95 Å². The van der Waals surface area contributed by atoms with Gasteiger partial charge in [-0.1, -0.05) is 0 Å². The maximum Gasteiger partial charge on any atom is 0.491 e. The van der Waals surface area contributed by atoms with E-state index in [2.05, 4.69) is 9.97 Å². The van der Waals surface area contributed by atoms with Gasteiger partial charge in [0.25, 0.3) is 0 Å². The average Bonchev–Trinajstić information content (AvgIpc) is 2.30. The summed E-state index contributed by atoms with van der Waals surface area (Å²) in [5, 5.41) is 17.8. The minimum absolute atomic E-state index is 0.261. The van der Waals surface area contributed by atoms with Crippen LogP contribution in [0.3, 0.4) is 0 Å². The number of rotatable bonds is 2. The van der Waals surface area contributed by atoms with E-state index in [0.717, 1.165) is 0 Å². The molecule has 7 heteroatoms. The molecular weight excluding hydrogens is 209 g/mol. The molecule has 16 heavy (non-hydrogen) atoms. The summed E-state index contributed by atoms with van der Waals surface area (Å²) in [6, 6.07) is 0. The molecule has 0 unspecified atom stereocenters. The van der Waals surface area contributed by atoms with Gasteiger partial charge in [0.15, 0.2) is 0 Å². The van der Waals surface area contributed by atoms with Crippen molar-refractivity contribution in [3.05, 3.63) is 12.4 Å². The van der Waals surface area contributed by atoms with E-state index in [1.54, 1.807) is 0 Å². The number of hydrogen-bond acceptors (Lipinski definition) is 6. The fourth-order valence-corrected chi connectivity index (χ4v) is 1.58. The zero-order chi connectivity index (χ0) is 11.5. The predicted octanol–water partition coefficient (Wildman–Crippen LogP) is -1.67. The van der Waals surface area contributed by atoms with Crippen LogP contribution in [0.25, 0.3) is 0 Å². The lowest BCUT2D eigenvalue weighted by Gasteiger charge is -2.25.